The number of imidazole rings is 1. The third-order valence-electron chi connectivity index (χ3n) is 6.46. The highest BCUT2D eigenvalue weighted by molar-refractivity contribution is 5.75. The van der Waals surface area contributed by atoms with Crippen LogP contribution in [0.25, 0.3) is 11.0 Å². The van der Waals surface area contributed by atoms with Crippen molar-refractivity contribution >= 4 is 11.0 Å². The molecule has 0 saturated carbocycles. The Morgan fingerprint density at radius 1 is 1.07 bits per heavy atom. The number of para-hydroxylation sites is 3. The number of benzene rings is 2. The van der Waals surface area contributed by atoms with Gasteiger partial charge in [-0.2, -0.15) is 0 Å². The topological polar surface area (TPSA) is 33.5 Å². The quantitative estimate of drug-likeness (QED) is 0.567. The molecule has 30 heavy (non-hydrogen) atoms. The van der Waals surface area contributed by atoms with Gasteiger partial charge >= 0.3 is 0 Å². The van der Waals surface area contributed by atoms with E-state index in [1.54, 1.807) is 7.11 Å². The van der Waals surface area contributed by atoms with E-state index in [0.29, 0.717) is 0 Å². The summed E-state index contributed by atoms with van der Waals surface area (Å²) in [4.78, 5) is 9.87. The van der Waals surface area contributed by atoms with Gasteiger partial charge in [0.1, 0.15) is 11.6 Å². The van der Waals surface area contributed by atoms with Crippen LogP contribution < -0.4 is 4.74 Å². The van der Waals surface area contributed by atoms with E-state index >= 15 is 0 Å². The van der Waals surface area contributed by atoms with Crippen molar-refractivity contribution in [1.82, 2.24) is 19.4 Å². The predicted molar refractivity (Wildman–Crippen MR) is 123 cm³/mol. The van der Waals surface area contributed by atoms with Crippen molar-refractivity contribution < 1.29 is 4.74 Å². The first-order valence-electron chi connectivity index (χ1n) is 11.1. The van der Waals surface area contributed by atoms with Gasteiger partial charge in [0.25, 0.3) is 0 Å². The zero-order valence-electron chi connectivity index (χ0n) is 18.6. The maximum atomic E-state index is 5.49. The summed E-state index contributed by atoms with van der Waals surface area (Å²) in [5.74, 6) is 2.93. The van der Waals surface area contributed by atoms with Gasteiger partial charge in [0.15, 0.2) is 0 Å². The molecule has 0 spiro atoms. The van der Waals surface area contributed by atoms with E-state index in [9.17, 15) is 0 Å². The second-order valence-electron chi connectivity index (χ2n) is 8.62. The molecule has 0 aliphatic carbocycles. The number of methoxy groups -OCH3 is 1. The maximum Gasteiger partial charge on any atom is 0.123 e. The number of hydrogen-bond donors (Lipinski definition) is 0. The molecular weight excluding hydrogens is 372 g/mol. The average Bonchev–Trinajstić information content (AvgIpc) is 3.08. The Bertz CT molecular complexity index is 959. The molecule has 1 aromatic heterocycles. The highest BCUT2D eigenvalue weighted by Gasteiger charge is 2.21. The van der Waals surface area contributed by atoms with E-state index in [4.69, 9.17) is 9.72 Å². The van der Waals surface area contributed by atoms with Gasteiger partial charge in [-0.05, 0) is 69.1 Å². The van der Waals surface area contributed by atoms with E-state index in [1.807, 2.05) is 6.07 Å². The van der Waals surface area contributed by atoms with Crippen LogP contribution >= 0.6 is 0 Å². The summed E-state index contributed by atoms with van der Waals surface area (Å²) in [6.07, 6.45) is 3.61. The fraction of sp³-hybridized carbons (Fsp3) is 0.480. The van der Waals surface area contributed by atoms with Crippen LogP contribution in [0.1, 0.15) is 24.2 Å². The van der Waals surface area contributed by atoms with Gasteiger partial charge in [-0.25, -0.2) is 4.98 Å². The van der Waals surface area contributed by atoms with Crippen molar-refractivity contribution in [2.45, 2.75) is 25.8 Å². The number of nitrogens with zero attached hydrogens (tertiary/aromatic N) is 4. The molecule has 0 N–H and O–H groups in total. The summed E-state index contributed by atoms with van der Waals surface area (Å²) < 4.78 is 7.72. The monoisotopic (exact) mass is 406 g/mol. The van der Waals surface area contributed by atoms with E-state index in [0.717, 1.165) is 49.1 Å². The predicted octanol–water partition coefficient (Wildman–Crippen LogP) is 3.97. The number of ether oxygens (including phenoxy) is 1. The zero-order valence-corrected chi connectivity index (χ0v) is 18.6. The minimum atomic E-state index is 0.771. The number of aryl methyl sites for hydroxylation is 1. The first kappa shape index (κ1) is 20.9. The first-order chi connectivity index (χ1) is 14.6. The number of likely N-dealkylation sites (tertiary alicyclic amines) is 1. The van der Waals surface area contributed by atoms with Crippen LogP contribution in [-0.2, 0) is 20.0 Å². The molecule has 0 amide bonds. The Kier molecular flexibility index (Phi) is 6.70. The van der Waals surface area contributed by atoms with Gasteiger partial charge in [-0.15, -0.1) is 0 Å². The van der Waals surface area contributed by atoms with Crippen LogP contribution in [0.5, 0.6) is 5.75 Å². The fourth-order valence-corrected chi connectivity index (χ4v) is 4.66. The second-order valence-corrected chi connectivity index (χ2v) is 8.62. The van der Waals surface area contributed by atoms with Gasteiger partial charge in [0.2, 0.25) is 0 Å². The number of hydrogen-bond acceptors (Lipinski definition) is 4. The van der Waals surface area contributed by atoms with Crippen molar-refractivity contribution in [3.05, 3.63) is 59.9 Å². The Labute approximate surface area is 180 Å². The molecule has 0 radical (unpaired) electrons. The van der Waals surface area contributed by atoms with E-state index in [2.05, 4.69) is 70.9 Å². The van der Waals surface area contributed by atoms with Gasteiger partial charge in [0.05, 0.1) is 24.7 Å². The van der Waals surface area contributed by atoms with Crippen molar-refractivity contribution in [2.24, 2.45) is 13.0 Å². The summed E-state index contributed by atoms with van der Waals surface area (Å²) in [6, 6.07) is 16.8. The number of piperidine rings is 1. The minimum Gasteiger partial charge on any atom is -0.496 e. The van der Waals surface area contributed by atoms with Crippen LogP contribution in [0.4, 0.5) is 0 Å². The lowest BCUT2D eigenvalue weighted by molar-refractivity contribution is 0.152. The van der Waals surface area contributed by atoms with Crippen molar-refractivity contribution in [2.75, 3.05) is 40.3 Å². The molecule has 0 atom stereocenters. The summed E-state index contributed by atoms with van der Waals surface area (Å²) in [5, 5.41) is 0. The van der Waals surface area contributed by atoms with Crippen molar-refractivity contribution in [1.29, 1.82) is 0 Å². The lowest BCUT2D eigenvalue weighted by Crippen LogP contribution is -2.38. The second kappa shape index (κ2) is 9.63. The Hall–Kier alpha value is -2.37. The van der Waals surface area contributed by atoms with Crippen LogP contribution in [0.15, 0.2) is 48.5 Å². The Morgan fingerprint density at radius 3 is 2.57 bits per heavy atom. The lowest BCUT2D eigenvalue weighted by Gasteiger charge is -2.34. The minimum absolute atomic E-state index is 0.771. The standard InChI is InChI=1S/C25H34N4O/c1-27(19-25-26-22-9-5-6-10-23(22)28(25)2)18-20-12-15-29(16-13-20)17-14-21-8-4-7-11-24(21)30-3/h4-11,20H,12-19H2,1-3H3. The smallest absolute Gasteiger partial charge is 0.123 e. The average molecular weight is 407 g/mol. The third kappa shape index (κ3) is 4.85. The maximum absolute atomic E-state index is 5.49. The molecule has 1 aliphatic heterocycles. The number of rotatable bonds is 8. The fourth-order valence-electron chi connectivity index (χ4n) is 4.66. The van der Waals surface area contributed by atoms with Gasteiger partial charge < -0.3 is 14.2 Å². The Morgan fingerprint density at radius 2 is 1.80 bits per heavy atom. The van der Waals surface area contributed by atoms with Gasteiger partial charge in [-0.3, -0.25) is 4.90 Å². The number of fused-ring (bicyclic) bond motifs is 1. The summed E-state index contributed by atoms with van der Waals surface area (Å²) in [5.41, 5.74) is 3.61. The number of aromatic nitrogens is 2. The SMILES string of the molecule is COc1ccccc1CCN1CCC(CN(C)Cc2nc3ccccc3n2C)CC1. The Balaban J connectivity index is 1.23. The van der Waals surface area contributed by atoms with E-state index in [1.165, 1.54) is 37.0 Å². The highest BCUT2D eigenvalue weighted by atomic mass is 16.5. The molecule has 1 fully saturated rings. The first-order valence-corrected chi connectivity index (χ1v) is 11.1. The van der Waals surface area contributed by atoms with Gasteiger partial charge in [-0.1, -0.05) is 30.3 Å². The van der Waals surface area contributed by atoms with Crippen molar-refractivity contribution in [3.8, 4) is 5.75 Å². The van der Waals surface area contributed by atoms with Crippen LogP contribution in [0.2, 0.25) is 0 Å². The van der Waals surface area contributed by atoms with Gasteiger partial charge in [0, 0.05) is 20.1 Å². The molecule has 5 heteroatoms. The van der Waals surface area contributed by atoms with Crippen molar-refractivity contribution in [3.63, 3.8) is 0 Å². The molecule has 2 aromatic carbocycles. The molecule has 1 aliphatic rings. The molecule has 2 heterocycles. The molecule has 5 nitrogen and oxygen atoms in total. The van der Waals surface area contributed by atoms with Crippen LogP contribution in [0, 0.1) is 5.92 Å². The normalized spacial score (nSPS) is 15.9. The summed E-state index contributed by atoms with van der Waals surface area (Å²) in [7, 11) is 6.11. The molecule has 0 unspecified atom stereocenters. The molecular formula is C25H34N4O. The van der Waals surface area contributed by atoms with Crippen LogP contribution in [0.3, 0.4) is 0 Å². The summed E-state index contributed by atoms with van der Waals surface area (Å²) in [6.45, 7) is 5.55. The molecule has 160 valence electrons. The lowest BCUT2D eigenvalue weighted by atomic mass is 9.96. The largest absolute Gasteiger partial charge is 0.496 e. The highest BCUT2D eigenvalue weighted by Crippen LogP contribution is 2.22. The molecule has 1 saturated heterocycles. The summed E-state index contributed by atoms with van der Waals surface area (Å²) >= 11 is 0. The van der Waals surface area contributed by atoms with E-state index in [-0.39, 0.29) is 0 Å². The molecule has 0 bridgehead atoms. The molecule has 4 rings (SSSR count). The zero-order chi connectivity index (χ0) is 20.9. The third-order valence-corrected chi connectivity index (χ3v) is 6.46. The van der Waals surface area contributed by atoms with Crippen LogP contribution in [-0.4, -0.2) is 59.7 Å². The molecule has 3 aromatic rings. The van der Waals surface area contributed by atoms with E-state index < -0.39 is 0 Å².